The zero-order chi connectivity index (χ0) is 16.3. The molecule has 0 unspecified atom stereocenters. The van der Waals surface area contributed by atoms with Crippen LogP contribution in [0.1, 0.15) is 27.2 Å². The zero-order valence-corrected chi connectivity index (χ0v) is 14.3. The monoisotopic (exact) mass is 306 g/mol. The van der Waals surface area contributed by atoms with Crippen LogP contribution in [0.25, 0.3) is 0 Å². The van der Waals surface area contributed by atoms with Crippen LogP contribution in [0, 0.1) is 0 Å². The van der Waals surface area contributed by atoms with E-state index in [0.717, 1.165) is 37.8 Å². The predicted octanol–water partition coefficient (Wildman–Crippen LogP) is 2.01. The van der Waals surface area contributed by atoms with E-state index in [2.05, 4.69) is 41.7 Å². The normalized spacial score (nSPS) is 12.1. The van der Waals surface area contributed by atoms with Gasteiger partial charge in [0.05, 0.1) is 6.61 Å². The van der Waals surface area contributed by atoms with E-state index >= 15 is 0 Å². The Labute approximate surface area is 134 Å². The van der Waals surface area contributed by atoms with E-state index in [9.17, 15) is 0 Å². The Kier molecular flexibility index (Phi) is 8.36. The third kappa shape index (κ3) is 9.23. The third-order valence-electron chi connectivity index (χ3n) is 2.92. The highest BCUT2D eigenvalue weighted by Gasteiger charge is 2.07. The molecule has 1 rings (SSSR count). The summed E-state index contributed by atoms with van der Waals surface area (Å²) in [5.74, 6) is 1.74. The number of ether oxygens (including phenoxy) is 1. The first-order chi connectivity index (χ1) is 10.5. The van der Waals surface area contributed by atoms with Gasteiger partial charge in [0.25, 0.3) is 0 Å². The lowest BCUT2D eigenvalue weighted by Crippen LogP contribution is -2.44. The van der Waals surface area contributed by atoms with Crippen molar-refractivity contribution in [1.82, 2.24) is 16.0 Å². The Balaban J connectivity index is 2.06. The quantitative estimate of drug-likeness (QED) is 0.391. The maximum absolute atomic E-state index is 5.65. The van der Waals surface area contributed by atoms with Crippen LogP contribution in [0.5, 0.6) is 5.75 Å². The van der Waals surface area contributed by atoms with Crippen LogP contribution >= 0.6 is 0 Å². The van der Waals surface area contributed by atoms with Crippen LogP contribution < -0.4 is 20.7 Å². The molecule has 0 aromatic heterocycles. The molecule has 0 fully saturated rings. The Morgan fingerprint density at radius 1 is 1.05 bits per heavy atom. The molecule has 5 nitrogen and oxygen atoms in total. The van der Waals surface area contributed by atoms with Crippen molar-refractivity contribution in [2.45, 2.75) is 32.7 Å². The summed E-state index contributed by atoms with van der Waals surface area (Å²) in [7, 11) is 1.78. The third-order valence-corrected chi connectivity index (χ3v) is 2.92. The molecule has 1 aromatic carbocycles. The molecular formula is C17H30N4O. The highest BCUT2D eigenvalue weighted by atomic mass is 16.5. The molecule has 0 atom stereocenters. The first-order valence-corrected chi connectivity index (χ1v) is 7.88. The van der Waals surface area contributed by atoms with Gasteiger partial charge in [0, 0.05) is 32.2 Å². The molecular weight excluding hydrogens is 276 g/mol. The van der Waals surface area contributed by atoms with Crippen molar-refractivity contribution in [3.05, 3.63) is 30.3 Å². The fourth-order valence-corrected chi connectivity index (χ4v) is 1.82. The van der Waals surface area contributed by atoms with Gasteiger partial charge >= 0.3 is 0 Å². The molecule has 0 amide bonds. The smallest absolute Gasteiger partial charge is 0.191 e. The van der Waals surface area contributed by atoms with E-state index in [0.29, 0.717) is 6.61 Å². The van der Waals surface area contributed by atoms with E-state index in [1.807, 2.05) is 30.3 Å². The summed E-state index contributed by atoms with van der Waals surface area (Å²) in [5.41, 5.74) is 0.146. The largest absolute Gasteiger partial charge is 0.494 e. The van der Waals surface area contributed by atoms with E-state index in [1.54, 1.807) is 7.05 Å². The highest BCUT2D eigenvalue weighted by molar-refractivity contribution is 5.79. The van der Waals surface area contributed by atoms with Crippen molar-refractivity contribution >= 4 is 5.96 Å². The number of guanidine groups is 1. The lowest BCUT2D eigenvalue weighted by atomic mass is 10.1. The van der Waals surface area contributed by atoms with Crippen molar-refractivity contribution in [1.29, 1.82) is 0 Å². The zero-order valence-electron chi connectivity index (χ0n) is 14.3. The summed E-state index contributed by atoms with van der Waals surface area (Å²) in [4.78, 5) is 4.20. The molecule has 0 aliphatic rings. The van der Waals surface area contributed by atoms with Gasteiger partial charge in [-0.2, -0.15) is 0 Å². The molecule has 0 radical (unpaired) electrons. The Morgan fingerprint density at radius 2 is 1.73 bits per heavy atom. The van der Waals surface area contributed by atoms with Gasteiger partial charge in [-0.25, -0.2) is 0 Å². The van der Waals surface area contributed by atoms with E-state index < -0.39 is 0 Å². The molecule has 124 valence electrons. The first-order valence-electron chi connectivity index (χ1n) is 7.88. The molecule has 0 bridgehead atoms. The van der Waals surface area contributed by atoms with Gasteiger partial charge in [0.2, 0.25) is 0 Å². The van der Waals surface area contributed by atoms with Gasteiger partial charge in [-0.05, 0) is 39.3 Å². The highest BCUT2D eigenvalue weighted by Crippen LogP contribution is 2.07. The summed E-state index contributed by atoms with van der Waals surface area (Å²) in [6.45, 7) is 9.75. The molecule has 5 heteroatoms. The Morgan fingerprint density at radius 3 is 2.36 bits per heavy atom. The van der Waals surface area contributed by atoms with Crippen molar-refractivity contribution in [3.63, 3.8) is 0 Å². The summed E-state index contributed by atoms with van der Waals surface area (Å²) in [6.07, 6.45) is 0.926. The SMILES string of the molecule is CN=C(NCCCOc1ccccc1)NCCNC(C)(C)C. The molecule has 0 heterocycles. The van der Waals surface area contributed by atoms with Gasteiger partial charge in [-0.15, -0.1) is 0 Å². The van der Waals surface area contributed by atoms with Crippen molar-refractivity contribution in [2.75, 3.05) is 33.3 Å². The number of aliphatic imine (C=N–C) groups is 1. The van der Waals surface area contributed by atoms with Gasteiger partial charge < -0.3 is 20.7 Å². The predicted molar refractivity (Wildman–Crippen MR) is 93.7 cm³/mol. The van der Waals surface area contributed by atoms with Gasteiger partial charge in [0.1, 0.15) is 5.75 Å². The van der Waals surface area contributed by atoms with Crippen LogP contribution in [0.4, 0.5) is 0 Å². The molecule has 22 heavy (non-hydrogen) atoms. The number of nitrogens with one attached hydrogen (secondary N) is 3. The van der Waals surface area contributed by atoms with Crippen LogP contribution in [0.15, 0.2) is 35.3 Å². The van der Waals surface area contributed by atoms with Gasteiger partial charge in [-0.3, -0.25) is 4.99 Å². The minimum Gasteiger partial charge on any atom is -0.494 e. The van der Waals surface area contributed by atoms with Crippen molar-refractivity contribution in [2.24, 2.45) is 4.99 Å². The van der Waals surface area contributed by atoms with Crippen molar-refractivity contribution < 1.29 is 4.74 Å². The van der Waals surface area contributed by atoms with Crippen LogP contribution in [-0.2, 0) is 0 Å². The molecule has 0 aliphatic carbocycles. The fourth-order valence-electron chi connectivity index (χ4n) is 1.82. The number of nitrogens with zero attached hydrogens (tertiary/aromatic N) is 1. The summed E-state index contributed by atoms with van der Waals surface area (Å²) in [5, 5.41) is 10.0. The van der Waals surface area contributed by atoms with E-state index in [4.69, 9.17) is 4.74 Å². The summed E-state index contributed by atoms with van der Waals surface area (Å²) < 4.78 is 5.65. The van der Waals surface area contributed by atoms with Gasteiger partial charge in [0.15, 0.2) is 5.96 Å². The molecule has 0 aliphatic heterocycles. The first kappa shape index (κ1) is 18.3. The maximum Gasteiger partial charge on any atom is 0.191 e. The maximum atomic E-state index is 5.65. The fraction of sp³-hybridized carbons (Fsp3) is 0.588. The average Bonchev–Trinajstić information content (AvgIpc) is 2.49. The molecule has 1 aromatic rings. The minimum absolute atomic E-state index is 0.146. The Bertz CT molecular complexity index is 426. The lowest BCUT2D eigenvalue weighted by molar-refractivity contribution is 0.311. The number of hydrogen-bond donors (Lipinski definition) is 3. The second-order valence-corrected chi connectivity index (χ2v) is 6.12. The summed E-state index contributed by atoms with van der Waals surface area (Å²) >= 11 is 0. The lowest BCUT2D eigenvalue weighted by Gasteiger charge is -2.21. The number of hydrogen-bond acceptors (Lipinski definition) is 3. The number of benzene rings is 1. The van der Waals surface area contributed by atoms with Crippen LogP contribution in [0.3, 0.4) is 0 Å². The average molecular weight is 306 g/mol. The van der Waals surface area contributed by atoms with Crippen LogP contribution in [-0.4, -0.2) is 44.8 Å². The van der Waals surface area contributed by atoms with Crippen molar-refractivity contribution in [3.8, 4) is 5.75 Å². The summed E-state index contributed by atoms with van der Waals surface area (Å²) in [6, 6.07) is 9.88. The second-order valence-electron chi connectivity index (χ2n) is 6.12. The molecule has 3 N–H and O–H groups in total. The second kappa shape index (κ2) is 10.1. The minimum atomic E-state index is 0.146. The Hall–Kier alpha value is -1.75. The molecule has 0 saturated carbocycles. The molecule has 0 saturated heterocycles. The topological polar surface area (TPSA) is 57.7 Å². The van der Waals surface area contributed by atoms with E-state index in [1.165, 1.54) is 0 Å². The molecule has 0 spiro atoms. The number of rotatable bonds is 8. The standard InChI is InChI=1S/C17H30N4O/c1-17(2,3)21-13-12-20-16(18-4)19-11-8-14-22-15-9-6-5-7-10-15/h5-7,9-10,21H,8,11-14H2,1-4H3,(H2,18,19,20). The van der Waals surface area contributed by atoms with Gasteiger partial charge in [-0.1, -0.05) is 18.2 Å². The van der Waals surface area contributed by atoms with E-state index in [-0.39, 0.29) is 5.54 Å². The van der Waals surface area contributed by atoms with Crippen LogP contribution in [0.2, 0.25) is 0 Å². The number of para-hydroxylation sites is 1.